The minimum atomic E-state index is 0.150. The highest BCUT2D eigenvalue weighted by atomic mass is 16.5. The molecule has 0 radical (unpaired) electrons. The van der Waals surface area contributed by atoms with Gasteiger partial charge in [0.1, 0.15) is 5.78 Å². The Morgan fingerprint density at radius 2 is 2.06 bits per heavy atom. The van der Waals surface area contributed by atoms with E-state index in [4.69, 9.17) is 4.52 Å². The highest BCUT2D eigenvalue weighted by Crippen LogP contribution is 2.33. The molecule has 1 heterocycles. The first-order valence-electron chi connectivity index (χ1n) is 6.53. The number of ketones is 1. The molecule has 1 fully saturated rings. The normalized spacial score (nSPS) is 24.8. The van der Waals surface area contributed by atoms with E-state index >= 15 is 0 Å². The maximum absolute atomic E-state index is 11.3. The van der Waals surface area contributed by atoms with Gasteiger partial charge in [0.25, 0.3) is 0 Å². The number of hydrogen-bond donors (Lipinski definition) is 0. The summed E-state index contributed by atoms with van der Waals surface area (Å²) in [6.07, 6.45) is 5.57. The van der Waals surface area contributed by atoms with E-state index in [1.165, 1.54) is 12.8 Å². The first-order chi connectivity index (χ1) is 8.19. The molecule has 1 aromatic heterocycles. The van der Waals surface area contributed by atoms with Gasteiger partial charge in [-0.2, -0.15) is 4.98 Å². The van der Waals surface area contributed by atoms with Gasteiger partial charge in [0.05, 0.1) is 6.42 Å². The lowest BCUT2D eigenvalue weighted by atomic mass is 9.83. The van der Waals surface area contributed by atoms with Crippen molar-refractivity contribution in [2.24, 2.45) is 5.92 Å². The van der Waals surface area contributed by atoms with Crippen molar-refractivity contribution in [3.8, 4) is 0 Å². The fourth-order valence-corrected chi connectivity index (χ4v) is 2.32. The Morgan fingerprint density at radius 1 is 1.35 bits per heavy atom. The molecule has 17 heavy (non-hydrogen) atoms. The molecule has 2 rings (SSSR count). The molecular weight excluding hydrogens is 216 g/mol. The topological polar surface area (TPSA) is 56.0 Å². The zero-order valence-electron chi connectivity index (χ0n) is 10.6. The van der Waals surface area contributed by atoms with E-state index < -0.39 is 0 Å². The number of aromatic nitrogens is 2. The van der Waals surface area contributed by atoms with E-state index in [0.717, 1.165) is 24.6 Å². The summed E-state index contributed by atoms with van der Waals surface area (Å²) in [7, 11) is 0. The molecule has 0 bridgehead atoms. The van der Waals surface area contributed by atoms with Crippen LogP contribution in [0.1, 0.15) is 63.6 Å². The van der Waals surface area contributed by atoms with Gasteiger partial charge in [-0.3, -0.25) is 4.79 Å². The summed E-state index contributed by atoms with van der Waals surface area (Å²) >= 11 is 0. The van der Waals surface area contributed by atoms with Crippen LogP contribution in [0.15, 0.2) is 4.52 Å². The lowest BCUT2D eigenvalue weighted by Crippen LogP contribution is -2.12. The van der Waals surface area contributed by atoms with Crippen molar-refractivity contribution in [1.82, 2.24) is 10.1 Å². The number of nitrogens with zero attached hydrogens (tertiary/aromatic N) is 2. The SMILES string of the molecule is CCC(=O)Cc1nc(C2CCC(C)CC2)no1. The largest absolute Gasteiger partial charge is 0.339 e. The van der Waals surface area contributed by atoms with Gasteiger partial charge in [-0.15, -0.1) is 0 Å². The summed E-state index contributed by atoms with van der Waals surface area (Å²) in [5, 5.41) is 4.01. The van der Waals surface area contributed by atoms with Gasteiger partial charge in [-0.25, -0.2) is 0 Å². The monoisotopic (exact) mass is 236 g/mol. The molecule has 4 nitrogen and oxygen atoms in total. The van der Waals surface area contributed by atoms with Crippen LogP contribution in [0.3, 0.4) is 0 Å². The van der Waals surface area contributed by atoms with Crippen LogP contribution in [0, 0.1) is 5.92 Å². The van der Waals surface area contributed by atoms with Crippen LogP contribution in [0.2, 0.25) is 0 Å². The minimum absolute atomic E-state index is 0.150. The second kappa shape index (κ2) is 5.43. The van der Waals surface area contributed by atoms with Crippen molar-refractivity contribution in [2.45, 2.75) is 58.3 Å². The molecule has 0 aliphatic heterocycles. The van der Waals surface area contributed by atoms with Crippen LogP contribution < -0.4 is 0 Å². The third-order valence-electron chi connectivity index (χ3n) is 3.61. The molecule has 0 N–H and O–H groups in total. The zero-order chi connectivity index (χ0) is 12.3. The lowest BCUT2D eigenvalue weighted by molar-refractivity contribution is -0.118. The van der Waals surface area contributed by atoms with Gasteiger partial charge in [0.15, 0.2) is 5.82 Å². The second-order valence-corrected chi connectivity index (χ2v) is 5.07. The van der Waals surface area contributed by atoms with Crippen LogP contribution >= 0.6 is 0 Å². The molecule has 1 aliphatic rings. The summed E-state index contributed by atoms with van der Waals surface area (Å²) in [6.45, 7) is 4.14. The van der Waals surface area contributed by atoms with Gasteiger partial charge in [-0.1, -0.05) is 31.8 Å². The summed E-state index contributed by atoms with van der Waals surface area (Å²) in [5.41, 5.74) is 0. The maximum atomic E-state index is 11.3. The fourth-order valence-electron chi connectivity index (χ4n) is 2.32. The zero-order valence-corrected chi connectivity index (χ0v) is 10.6. The number of rotatable bonds is 4. The van der Waals surface area contributed by atoms with Crippen molar-refractivity contribution >= 4 is 5.78 Å². The quantitative estimate of drug-likeness (QED) is 0.806. The number of carbonyl (C=O) groups is 1. The minimum Gasteiger partial charge on any atom is -0.339 e. The Bertz CT molecular complexity index is 379. The first-order valence-corrected chi connectivity index (χ1v) is 6.53. The van der Waals surface area contributed by atoms with Gasteiger partial charge >= 0.3 is 0 Å². The van der Waals surface area contributed by atoms with Crippen molar-refractivity contribution in [2.75, 3.05) is 0 Å². The van der Waals surface area contributed by atoms with E-state index in [0.29, 0.717) is 18.2 Å². The highest BCUT2D eigenvalue weighted by molar-refractivity contribution is 5.79. The molecule has 0 unspecified atom stereocenters. The van der Waals surface area contributed by atoms with Crippen molar-refractivity contribution in [1.29, 1.82) is 0 Å². The standard InChI is InChI=1S/C13H20N2O2/c1-3-11(16)8-12-14-13(15-17-12)10-6-4-9(2)5-7-10/h9-10H,3-8H2,1-2H3. The van der Waals surface area contributed by atoms with Crippen LogP contribution in [0.4, 0.5) is 0 Å². The van der Waals surface area contributed by atoms with Gasteiger partial charge in [0, 0.05) is 12.3 Å². The number of carbonyl (C=O) groups excluding carboxylic acids is 1. The maximum Gasteiger partial charge on any atom is 0.234 e. The predicted octanol–water partition coefficient (Wildman–Crippen LogP) is 2.88. The van der Waals surface area contributed by atoms with Crippen LogP contribution in [-0.2, 0) is 11.2 Å². The van der Waals surface area contributed by atoms with Gasteiger partial charge < -0.3 is 4.52 Å². The molecule has 4 heteroatoms. The average molecular weight is 236 g/mol. The fraction of sp³-hybridized carbons (Fsp3) is 0.769. The summed E-state index contributed by atoms with van der Waals surface area (Å²) in [5.74, 6) is 2.68. The first kappa shape index (κ1) is 12.3. The smallest absolute Gasteiger partial charge is 0.234 e. The third kappa shape index (κ3) is 3.14. The molecule has 1 aliphatic carbocycles. The average Bonchev–Trinajstić information content (AvgIpc) is 2.78. The molecular formula is C13H20N2O2. The Hall–Kier alpha value is -1.19. The summed E-state index contributed by atoms with van der Waals surface area (Å²) in [4.78, 5) is 15.6. The molecule has 1 saturated carbocycles. The predicted molar refractivity (Wildman–Crippen MR) is 63.7 cm³/mol. The van der Waals surface area contributed by atoms with Crippen molar-refractivity contribution < 1.29 is 9.32 Å². The molecule has 0 amide bonds. The summed E-state index contributed by atoms with van der Waals surface area (Å²) in [6, 6.07) is 0. The third-order valence-corrected chi connectivity index (χ3v) is 3.61. The van der Waals surface area contributed by atoms with E-state index in [2.05, 4.69) is 17.1 Å². The van der Waals surface area contributed by atoms with E-state index in [1.807, 2.05) is 6.92 Å². The molecule has 0 aromatic carbocycles. The van der Waals surface area contributed by atoms with Crippen molar-refractivity contribution in [3.05, 3.63) is 11.7 Å². The second-order valence-electron chi connectivity index (χ2n) is 5.07. The number of Topliss-reactive ketones (excluding diaryl/α,β-unsaturated/α-hetero) is 1. The van der Waals surface area contributed by atoms with Crippen molar-refractivity contribution in [3.63, 3.8) is 0 Å². The van der Waals surface area contributed by atoms with E-state index in [1.54, 1.807) is 0 Å². The Morgan fingerprint density at radius 3 is 2.71 bits per heavy atom. The molecule has 1 aromatic rings. The molecule has 0 atom stereocenters. The lowest BCUT2D eigenvalue weighted by Gasteiger charge is -2.23. The molecule has 0 spiro atoms. The van der Waals surface area contributed by atoms with E-state index in [9.17, 15) is 4.79 Å². The van der Waals surface area contributed by atoms with Gasteiger partial charge in [0.2, 0.25) is 5.89 Å². The molecule has 94 valence electrons. The van der Waals surface area contributed by atoms with Crippen LogP contribution in [-0.4, -0.2) is 15.9 Å². The molecule has 0 saturated heterocycles. The highest BCUT2D eigenvalue weighted by Gasteiger charge is 2.24. The summed E-state index contributed by atoms with van der Waals surface area (Å²) < 4.78 is 5.14. The van der Waals surface area contributed by atoms with Crippen LogP contribution in [0.25, 0.3) is 0 Å². The number of hydrogen-bond acceptors (Lipinski definition) is 4. The van der Waals surface area contributed by atoms with Gasteiger partial charge in [-0.05, 0) is 18.8 Å². The van der Waals surface area contributed by atoms with E-state index in [-0.39, 0.29) is 12.2 Å². The Kier molecular flexibility index (Phi) is 3.92. The Balaban J connectivity index is 1.96. The Labute approximate surface area is 102 Å². The van der Waals surface area contributed by atoms with Crippen LogP contribution in [0.5, 0.6) is 0 Å².